The highest BCUT2D eigenvalue weighted by atomic mass is 32.1. The number of nitrogens with zero attached hydrogens (tertiary/aromatic N) is 2. The Morgan fingerprint density at radius 3 is 2.94 bits per heavy atom. The van der Waals surface area contributed by atoms with Gasteiger partial charge in [0.25, 0.3) is 5.91 Å². The monoisotopic (exact) mass is 258 g/mol. The molecule has 1 unspecified atom stereocenters. The number of aliphatic hydroxyl groups excluding tert-OH is 1. The molecule has 0 aliphatic carbocycles. The van der Waals surface area contributed by atoms with Gasteiger partial charge in [-0.25, -0.2) is 4.98 Å². The molecule has 0 bridgehead atoms. The van der Waals surface area contributed by atoms with E-state index in [2.05, 4.69) is 4.98 Å². The minimum Gasteiger partial charge on any atom is -0.389 e. The zero-order valence-electron chi connectivity index (χ0n) is 10.3. The number of ether oxygens (including phenoxy) is 1. The van der Waals surface area contributed by atoms with E-state index in [1.165, 1.54) is 23.3 Å². The number of likely N-dealkylation sites (N-methyl/N-ethyl adjacent to an activating group) is 1. The SMILES string of the molecule is CCc1ncc(C(=O)N(C)CC(O)COC)s1. The maximum atomic E-state index is 12.0. The van der Waals surface area contributed by atoms with Crippen LogP contribution in [0.4, 0.5) is 0 Å². The average Bonchev–Trinajstić information content (AvgIpc) is 2.76. The summed E-state index contributed by atoms with van der Waals surface area (Å²) in [6, 6.07) is 0. The van der Waals surface area contributed by atoms with Crippen LogP contribution in [0.1, 0.15) is 21.6 Å². The summed E-state index contributed by atoms with van der Waals surface area (Å²) in [7, 11) is 3.17. The Kier molecular flexibility index (Phi) is 5.54. The second-order valence-corrected chi connectivity index (χ2v) is 4.88. The number of aliphatic hydroxyl groups is 1. The number of hydrogen-bond donors (Lipinski definition) is 1. The molecule has 6 heteroatoms. The summed E-state index contributed by atoms with van der Waals surface area (Å²) < 4.78 is 4.81. The van der Waals surface area contributed by atoms with Crippen LogP contribution >= 0.6 is 11.3 Å². The third-order valence-electron chi connectivity index (χ3n) is 2.26. The molecular weight excluding hydrogens is 240 g/mol. The summed E-state index contributed by atoms with van der Waals surface area (Å²) in [4.78, 5) is 18.2. The fraction of sp³-hybridized carbons (Fsp3) is 0.636. The summed E-state index contributed by atoms with van der Waals surface area (Å²) in [6.07, 6.45) is 1.76. The molecule has 17 heavy (non-hydrogen) atoms. The van der Waals surface area contributed by atoms with Crippen molar-refractivity contribution < 1.29 is 14.6 Å². The molecule has 1 amide bonds. The number of hydrogen-bond acceptors (Lipinski definition) is 5. The molecule has 0 aliphatic heterocycles. The highest BCUT2D eigenvalue weighted by Crippen LogP contribution is 2.15. The number of thiazole rings is 1. The highest BCUT2D eigenvalue weighted by Gasteiger charge is 2.17. The van der Waals surface area contributed by atoms with E-state index >= 15 is 0 Å². The molecule has 0 aromatic carbocycles. The lowest BCUT2D eigenvalue weighted by Gasteiger charge is -2.19. The fourth-order valence-corrected chi connectivity index (χ4v) is 2.26. The molecule has 1 N–H and O–H groups in total. The molecule has 1 aromatic heterocycles. The molecule has 0 radical (unpaired) electrons. The normalized spacial score (nSPS) is 12.5. The average molecular weight is 258 g/mol. The third kappa shape index (κ3) is 4.07. The first-order chi connectivity index (χ1) is 8.08. The second-order valence-electron chi connectivity index (χ2n) is 3.77. The Labute approximate surface area is 105 Å². The van der Waals surface area contributed by atoms with Gasteiger partial charge in [0, 0.05) is 20.7 Å². The van der Waals surface area contributed by atoms with Crippen LogP contribution in [0.2, 0.25) is 0 Å². The van der Waals surface area contributed by atoms with Crippen LogP contribution in [-0.2, 0) is 11.2 Å². The highest BCUT2D eigenvalue weighted by molar-refractivity contribution is 7.13. The van der Waals surface area contributed by atoms with Crippen LogP contribution in [0.3, 0.4) is 0 Å². The van der Waals surface area contributed by atoms with E-state index in [1.807, 2.05) is 6.92 Å². The van der Waals surface area contributed by atoms with Crippen molar-refractivity contribution in [2.45, 2.75) is 19.4 Å². The van der Waals surface area contributed by atoms with E-state index in [9.17, 15) is 9.90 Å². The molecular formula is C11H18N2O3S. The number of amides is 1. The van der Waals surface area contributed by atoms with Crippen LogP contribution in [0.25, 0.3) is 0 Å². The van der Waals surface area contributed by atoms with Gasteiger partial charge in [-0.05, 0) is 6.42 Å². The summed E-state index contributed by atoms with van der Waals surface area (Å²) >= 11 is 1.39. The number of aryl methyl sites for hydroxylation is 1. The van der Waals surface area contributed by atoms with E-state index in [1.54, 1.807) is 13.2 Å². The van der Waals surface area contributed by atoms with E-state index in [0.29, 0.717) is 4.88 Å². The van der Waals surface area contributed by atoms with Crippen LogP contribution in [0, 0.1) is 0 Å². The molecule has 1 atom stereocenters. The molecule has 0 fully saturated rings. The van der Waals surface area contributed by atoms with Crippen LogP contribution in [0.15, 0.2) is 6.20 Å². The summed E-state index contributed by atoms with van der Waals surface area (Å²) in [5.41, 5.74) is 0. The van der Waals surface area contributed by atoms with Crippen LogP contribution in [-0.4, -0.2) is 54.3 Å². The first-order valence-electron chi connectivity index (χ1n) is 5.45. The smallest absolute Gasteiger partial charge is 0.265 e. The van der Waals surface area contributed by atoms with Crippen molar-refractivity contribution in [3.63, 3.8) is 0 Å². The predicted octanol–water partition coefficient (Wildman–Crippen LogP) is 0.785. The minimum absolute atomic E-state index is 0.114. The van der Waals surface area contributed by atoms with E-state index in [4.69, 9.17) is 4.74 Å². The molecule has 1 heterocycles. The number of methoxy groups -OCH3 is 1. The van der Waals surface area contributed by atoms with Gasteiger partial charge in [-0.15, -0.1) is 11.3 Å². The maximum absolute atomic E-state index is 12.0. The van der Waals surface area contributed by atoms with Crippen molar-refractivity contribution in [1.82, 2.24) is 9.88 Å². The molecule has 0 aliphatic rings. The van der Waals surface area contributed by atoms with Crippen molar-refractivity contribution in [3.8, 4) is 0 Å². The van der Waals surface area contributed by atoms with Gasteiger partial charge in [0.1, 0.15) is 4.88 Å². The van der Waals surface area contributed by atoms with E-state index in [-0.39, 0.29) is 19.1 Å². The van der Waals surface area contributed by atoms with Gasteiger partial charge in [-0.2, -0.15) is 0 Å². The van der Waals surface area contributed by atoms with E-state index in [0.717, 1.165) is 11.4 Å². The van der Waals surface area contributed by atoms with Crippen LogP contribution in [0.5, 0.6) is 0 Å². The summed E-state index contributed by atoms with van der Waals surface area (Å²) in [5.74, 6) is -0.114. The number of carbonyl (C=O) groups is 1. The number of rotatable bonds is 6. The van der Waals surface area contributed by atoms with Gasteiger partial charge >= 0.3 is 0 Å². The van der Waals surface area contributed by atoms with Crippen molar-refractivity contribution in [1.29, 1.82) is 0 Å². The summed E-state index contributed by atoms with van der Waals surface area (Å²) in [6.45, 7) is 2.48. The molecule has 0 saturated heterocycles. The Morgan fingerprint density at radius 1 is 1.71 bits per heavy atom. The number of carbonyl (C=O) groups excluding carboxylic acids is 1. The zero-order chi connectivity index (χ0) is 12.8. The van der Waals surface area contributed by atoms with Crippen molar-refractivity contribution in [2.24, 2.45) is 0 Å². The lowest BCUT2D eigenvalue weighted by atomic mass is 10.3. The topological polar surface area (TPSA) is 62.7 Å². The second kappa shape index (κ2) is 6.68. The Balaban J connectivity index is 2.57. The summed E-state index contributed by atoms with van der Waals surface area (Å²) in [5, 5.41) is 10.5. The van der Waals surface area contributed by atoms with E-state index < -0.39 is 6.10 Å². The molecule has 5 nitrogen and oxygen atoms in total. The van der Waals surface area contributed by atoms with Gasteiger partial charge in [-0.3, -0.25) is 4.79 Å². The molecule has 96 valence electrons. The van der Waals surface area contributed by atoms with Crippen molar-refractivity contribution in [3.05, 3.63) is 16.1 Å². The Morgan fingerprint density at radius 2 is 2.41 bits per heavy atom. The quantitative estimate of drug-likeness (QED) is 0.819. The van der Waals surface area contributed by atoms with Gasteiger partial charge in [0.2, 0.25) is 0 Å². The lowest BCUT2D eigenvalue weighted by Crippen LogP contribution is -2.35. The first-order valence-corrected chi connectivity index (χ1v) is 6.27. The first kappa shape index (κ1) is 14.1. The fourth-order valence-electron chi connectivity index (χ4n) is 1.40. The molecule has 1 rings (SSSR count). The molecule has 0 spiro atoms. The molecule has 0 saturated carbocycles. The number of aromatic nitrogens is 1. The Hall–Kier alpha value is -0.980. The maximum Gasteiger partial charge on any atom is 0.265 e. The third-order valence-corrected chi connectivity index (χ3v) is 3.39. The van der Waals surface area contributed by atoms with Gasteiger partial charge in [-0.1, -0.05) is 6.92 Å². The van der Waals surface area contributed by atoms with Crippen molar-refractivity contribution in [2.75, 3.05) is 27.3 Å². The van der Waals surface area contributed by atoms with Gasteiger partial charge in [0.05, 0.1) is 23.9 Å². The van der Waals surface area contributed by atoms with Gasteiger partial charge < -0.3 is 14.7 Å². The zero-order valence-corrected chi connectivity index (χ0v) is 11.2. The molecule has 1 aromatic rings. The van der Waals surface area contributed by atoms with Crippen molar-refractivity contribution >= 4 is 17.2 Å². The van der Waals surface area contributed by atoms with Crippen LogP contribution < -0.4 is 0 Å². The Bertz CT molecular complexity index is 367. The predicted molar refractivity (Wildman–Crippen MR) is 66.3 cm³/mol. The lowest BCUT2D eigenvalue weighted by molar-refractivity contribution is 0.0382. The largest absolute Gasteiger partial charge is 0.389 e. The van der Waals surface area contributed by atoms with Gasteiger partial charge in [0.15, 0.2) is 0 Å². The standard InChI is InChI=1S/C11H18N2O3S/c1-4-10-12-5-9(17-10)11(15)13(2)6-8(14)7-16-3/h5,8,14H,4,6-7H2,1-3H3. The minimum atomic E-state index is -0.660.